The van der Waals surface area contributed by atoms with Gasteiger partial charge in [0, 0.05) is 0 Å². The van der Waals surface area contributed by atoms with Crippen molar-refractivity contribution in [1.29, 1.82) is 0 Å². The van der Waals surface area contributed by atoms with Gasteiger partial charge in [-0.2, -0.15) is 0 Å². The highest BCUT2D eigenvalue weighted by atomic mass is 16.6. The second-order valence-corrected chi connectivity index (χ2v) is 4.65. The Morgan fingerprint density at radius 2 is 1.65 bits per heavy atom. The zero-order chi connectivity index (χ0) is 17.0. The maximum Gasteiger partial charge on any atom is 0.283 e. The van der Waals surface area contributed by atoms with Gasteiger partial charge in [0.1, 0.15) is 11.7 Å². The SMILES string of the molecule is COc1cc([N+](=O)[O-])c(C(O)c2ccccc2)c(OC)c1OC. The quantitative estimate of drug-likeness (QED) is 0.650. The van der Waals surface area contributed by atoms with Gasteiger partial charge in [-0.1, -0.05) is 30.3 Å². The summed E-state index contributed by atoms with van der Waals surface area (Å²) in [5.41, 5.74) is 0.207. The normalized spacial score (nSPS) is 11.7. The molecule has 0 fully saturated rings. The molecule has 2 rings (SSSR count). The molecular weight excluding hydrogens is 302 g/mol. The Labute approximate surface area is 133 Å². The molecule has 0 amide bonds. The predicted octanol–water partition coefficient (Wildman–Crippen LogP) is 2.70. The fourth-order valence-electron chi connectivity index (χ4n) is 2.38. The molecule has 23 heavy (non-hydrogen) atoms. The molecule has 0 aliphatic rings. The lowest BCUT2D eigenvalue weighted by atomic mass is 9.98. The predicted molar refractivity (Wildman–Crippen MR) is 83.3 cm³/mol. The standard InChI is InChI=1S/C16H17NO6/c1-21-12-9-11(17(19)20)13(16(23-3)15(12)22-2)14(18)10-7-5-4-6-8-10/h4-9,14,18H,1-3H3. The second-order valence-electron chi connectivity index (χ2n) is 4.65. The Morgan fingerprint density at radius 3 is 2.13 bits per heavy atom. The van der Waals surface area contributed by atoms with Crippen LogP contribution in [0.15, 0.2) is 36.4 Å². The average Bonchev–Trinajstić information content (AvgIpc) is 2.59. The molecule has 2 aromatic rings. The van der Waals surface area contributed by atoms with Crippen LogP contribution in [0.25, 0.3) is 0 Å². The van der Waals surface area contributed by atoms with Crippen molar-refractivity contribution in [2.24, 2.45) is 0 Å². The van der Waals surface area contributed by atoms with Crippen LogP contribution in [0.5, 0.6) is 17.2 Å². The van der Waals surface area contributed by atoms with E-state index in [1.807, 2.05) is 0 Å². The fraction of sp³-hybridized carbons (Fsp3) is 0.250. The van der Waals surface area contributed by atoms with Crippen LogP contribution >= 0.6 is 0 Å². The molecule has 0 saturated carbocycles. The molecule has 0 radical (unpaired) electrons. The number of nitro groups is 1. The number of hydrogen-bond acceptors (Lipinski definition) is 6. The van der Waals surface area contributed by atoms with E-state index in [0.29, 0.717) is 5.56 Å². The summed E-state index contributed by atoms with van der Waals surface area (Å²) >= 11 is 0. The van der Waals surface area contributed by atoms with Crippen molar-refractivity contribution in [2.75, 3.05) is 21.3 Å². The number of aliphatic hydroxyl groups excluding tert-OH is 1. The molecule has 7 nitrogen and oxygen atoms in total. The van der Waals surface area contributed by atoms with Crippen molar-refractivity contribution in [2.45, 2.75) is 6.10 Å². The van der Waals surface area contributed by atoms with Crippen molar-refractivity contribution in [1.82, 2.24) is 0 Å². The van der Waals surface area contributed by atoms with Gasteiger partial charge in [-0.05, 0) is 5.56 Å². The van der Waals surface area contributed by atoms with Gasteiger partial charge in [0.15, 0.2) is 11.5 Å². The van der Waals surface area contributed by atoms with Crippen LogP contribution in [-0.4, -0.2) is 31.4 Å². The van der Waals surface area contributed by atoms with Gasteiger partial charge in [-0.15, -0.1) is 0 Å². The van der Waals surface area contributed by atoms with Gasteiger partial charge < -0.3 is 19.3 Å². The Kier molecular flexibility index (Phi) is 5.02. The minimum Gasteiger partial charge on any atom is -0.492 e. The molecule has 0 heterocycles. The first kappa shape index (κ1) is 16.6. The van der Waals surface area contributed by atoms with Crippen LogP contribution in [0.2, 0.25) is 0 Å². The third kappa shape index (κ3) is 3.04. The van der Waals surface area contributed by atoms with E-state index in [2.05, 4.69) is 0 Å². The van der Waals surface area contributed by atoms with Gasteiger partial charge in [0.25, 0.3) is 5.69 Å². The van der Waals surface area contributed by atoms with Crippen LogP contribution in [-0.2, 0) is 0 Å². The highest BCUT2D eigenvalue weighted by molar-refractivity contribution is 5.66. The monoisotopic (exact) mass is 319 g/mol. The number of methoxy groups -OCH3 is 3. The van der Waals surface area contributed by atoms with E-state index in [-0.39, 0.29) is 28.5 Å². The first-order chi connectivity index (χ1) is 11.0. The number of hydrogen-bond donors (Lipinski definition) is 1. The minimum atomic E-state index is -1.24. The zero-order valence-electron chi connectivity index (χ0n) is 13.0. The summed E-state index contributed by atoms with van der Waals surface area (Å²) in [6.45, 7) is 0. The molecular formula is C16H17NO6. The van der Waals surface area contributed by atoms with E-state index >= 15 is 0 Å². The van der Waals surface area contributed by atoms with Gasteiger partial charge >= 0.3 is 0 Å². The summed E-state index contributed by atoms with van der Waals surface area (Å²) in [6, 6.07) is 9.81. The molecule has 0 bridgehead atoms. The van der Waals surface area contributed by atoms with Crippen molar-refractivity contribution >= 4 is 5.69 Å². The van der Waals surface area contributed by atoms with E-state index in [1.54, 1.807) is 30.3 Å². The van der Waals surface area contributed by atoms with E-state index in [4.69, 9.17) is 14.2 Å². The molecule has 7 heteroatoms. The Bertz CT molecular complexity index is 701. The van der Waals surface area contributed by atoms with Crippen molar-refractivity contribution in [3.63, 3.8) is 0 Å². The third-order valence-electron chi connectivity index (χ3n) is 3.43. The molecule has 0 aliphatic heterocycles. The molecule has 1 unspecified atom stereocenters. The van der Waals surface area contributed by atoms with Gasteiger partial charge in [0.2, 0.25) is 5.75 Å². The third-order valence-corrected chi connectivity index (χ3v) is 3.43. The zero-order valence-corrected chi connectivity index (χ0v) is 13.0. The average molecular weight is 319 g/mol. The number of rotatable bonds is 6. The fourth-order valence-corrected chi connectivity index (χ4v) is 2.38. The number of nitrogens with zero attached hydrogens (tertiary/aromatic N) is 1. The van der Waals surface area contributed by atoms with Gasteiger partial charge in [0.05, 0.1) is 32.3 Å². The lowest BCUT2D eigenvalue weighted by molar-refractivity contribution is -0.386. The maximum atomic E-state index is 11.4. The minimum absolute atomic E-state index is 0.0151. The smallest absolute Gasteiger partial charge is 0.283 e. The maximum absolute atomic E-state index is 11.4. The number of nitro benzene ring substituents is 1. The van der Waals surface area contributed by atoms with Crippen LogP contribution in [0.3, 0.4) is 0 Å². The number of benzene rings is 2. The molecule has 122 valence electrons. The molecule has 0 aliphatic carbocycles. The second kappa shape index (κ2) is 6.97. The van der Waals surface area contributed by atoms with Gasteiger partial charge in [-0.3, -0.25) is 10.1 Å². The van der Waals surface area contributed by atoms with E-state index in [9.17, 15) is 15.2 Å². The van der Waals surface area contributed by atoms with Crippen LogP contribution in [0, 0.1) is 10.1 Å². The van der Waals surface area contributed by atoms with E-state index in [1.165, 1.54) is 27.4 Å². The first-order valence-electron chi connectivity index (χ1n) is 6.75. The largest absolute Gasteiger partial charge is 0.492 e. The van der Waals surface area contributed by atoms with E-state index in [0.717, 1.165) is 0 Å². The highest BCUT2D eigenvalue weighted by Crippen LogP contribution is 2.48. The lowest BCUT2D eigenvalue weighted by Crippen LogP contribution is -2.08. The molecule has 0 aromatic heterocycles. The molecule has 2 aromatic carbocycles. The summed E-state index contributed by atoms with van der Waals surface area (Å²) in [6.07, 6.45) is -1.24. The van der Waals surface area contributed by atoms with E-state index < -0.39 is 11.0 Å². The van der Waals surface area contributed by atoms with Crippen LogP contribution < -0.4 is 14.2 Å². The van der Waals surface area contributed by atoms with Gasteiger partial charge in [-0.25, -0.2) is 0 Å². The topological polar surface area (TPSA) is 91.1 Å². The summed E-state index contributed by atoms with van der Waals surface area (Å²) in [4.78, 5) is 10.8. The summed E-state index contributed by atoms with van der Waals surface area (Å²) in [5.74, 6) is 0.403. The van der Waals surface area contributed by atoms with Crippen LogP contribution in [0.4, 0.5) is 5.69 Å². The molecule has 0 saturated heterocycles. The number of ether oxygens (including phenoxy) is 3. The Hall–Kier alpha value is -2.80. The van der Waals surface area contributed by atoms with Crippen LogP contribution in [0.1, 0.15) is 17.2 Å². The summed E-state index contributed by atoms with van der Waals surface area (Å²) in [5, 5.41) is 22.1. The highest BCUT2D eigenvalue weighted by Gasteiger charge is 2.32. The Morgan fingerprint density at radius 1 is 1.04 bits per heavy atom. The van der Waals surface area contributed by atoms with Crippen molar-refractivity contribution < 1.29 is 24.2 Å². The summed E-state index contributed by atoms with van der Waals surface area (Å²) < 4.78 is 15.6. The molecule has 0 spiro atoms. The summed E-state index contributed by atoms with van der Waals surface area (Å²) in [7, 11) is 4.11. The first-order valence-corrected chi connectivity index (χ1v) is 6.75. The molecule has 1 atom stereocenters. The molecule has 1 N–H and O–H groups in total. The van der Waals surface area contributed by atoms with Crippen molar-refractivity contribution in [3.05, 3.63) is 57.6 Å². The van der Waals surface area contributed by atoms with Crippen molar-refractivity contribution in [3.8, 4) is 17.2 Å². The number of aliphatic hydroxyl groups is 1. The Balaban J connectivity index is 2.76. The lowest BCUT2D eigenvalue weighted by Gasteiger charge is -2.19.